The monoisotopic (exact) mass is 362 g/mol. The highest BCUT2D eigenvalue weighted by Crippen LogP contribution is 2.39. The molecule has 0 aliphatic heterocycles. The molecule has 1 unspecified atom stereocenters. The van der Waals surface area contributed by atoms with Gasteiger partial charge in [0.2, 0.25) is 10.0 Å². The number of nitrogens with two attached hydrogens (primary N) is 1. The predicted molar refractivity (Wildman–Crippen MR) is 85.3 cm³/mol. The van der Waals surface area contributed by atoms with Gasteiger partial charge >= 0.3 is 11.4 Å². The van der Waals surface area contributed by atoms with E-state index in [0.717, 1.165) is 0 Å². The van der Waals surface area contributed by atoms with Crippen molar-refractivity contribution in [3.05, 3.63) is 32.4 Å². The highest BCUT2D eigenvalue weighted by Gasteiger charge is 2.33. The standard InChI is InChI=1S/C12H18N4O7S/c1-3-4-14(7-8(2)17)12-10(15(18)19)5-9(24(13,22)23)6-11(12)16(20)21/h5-6,8,17H,3-4,7H2,1-2H3,(H2,13,22,23). The molecular weight excluding hydrogens is 344 g/mol. The number of nitro benzene ring substituents is 2. The fourth-order valence-corrected chi connectivity index (χ4v) is 2.78. The van der Waals surface area contributed by atoms with Crippen LogP contribution in [0, 0.1) is 20.2 Å². The zero-order valence-corrected chi connectivity index (χ0v) is 13.9. The third-order valence-electron chi connectivity index (χ3n) is 3.06. The van der Waals surface area contributed by atoms with E-state index in [0.29, 0.717) is 18.6 Å². The molecule has 0 fully saturated rings. The van der Waals surface area contributed by atoms with E-state index in [9.17, 15) is 33.8 Å². The van der Waals surface area contributed by atoms with Gasteiger partial charge in [0.25, 0.3) is 0 Å². The number of nitro groups is 2. The van der Waals surface area contributed by atoms with Crippen molar-refractivity contribution in [3.8, 4) is 0 Å². The summed E-state index contributed by atoms with van der Waals surface area (Å²) in [5.41, 5.74) is -1.88. The van der Waals surface area contributed by atoms with Crippen molar-refractivity contribution in [3.63, 3.8) is 0 Å². The Balaban J connectivity index is 3.78. The van der Waals surface area contributed by atoms with E-state index in [1.54, 1.807) is 6.92 Å². The largest absolute Gasteiger partial charge is 0.392 e. The van der Waals surface area contributed by atoms with Crippen molar-refractivity contribution < 1.29 is 23.4 Å². The van der Waals surface area contributed by atoms with Crippen molar-refractivity contribution in [1.82, 2.24) is 0 Å². The molecule has 1 aromatic rings. The van der Waals surface area contributed by atoms with Crippen molar-refractivity contribution in [2.24, 2.45) is 5.14 Å². The highest BCUT2D eigenvalue weighted by molar-refractivity contribution is 7.89. The van der Waals surface area contributed by atoms with E-state index in [-0.39, 0.29) is 18.8 Å². The van der Waals surface area contributed by atoms with Crippen LogP contribution in [0.1, 0.15) is 20.3 Å². The Morgan fingerprint density at radius 1 is 1.25 bits per heavy atom. The minimum Gasteiger partial charge on any atom is -0.392 e. The van der Waals surface area contributed by atoms with Crippen LogP contribution in [0.25, 0.3) is 0 Å². The molecule has 1 rings (SSSR count). The highest BCUT2D eigenvalue weighted by atomic mass is 32.2. The Hall–Kier alpha value is -2.31. The second-order valence-electron chi connectivity index (χ2n) is 5.16. The summed E-state index contributed by atoms with van der Waals surface area (Å²) in [6.07, 6.45) is -0.411. The lowest BCUT2D eigenvalue weighted by molar-refractivity contribution is -0.393. The third-order valence-corrected chi connectivity index (χ3v) is 3.95. The van der Waals surface area contributed by atoms with Gasteiger partial charge in [-0.2, -0.15) is 0 Å². The van der Waals surface area contributed by atoms with E-state index in [1.807, 2.05) is 0 Å². The van der Waals surface area contributed by atoms with Gasteiger partial charge in [-0.3, -0.25) is 20.2 Å². The normalized spacial score (nSPS) is 12.7. The number of nitrogens with zero attached hydrogens (tertiary/aromatic N) is 3. The number of anilines is 1. The summed E-state index contributed by atoms with van der Waals surface area (Å²) in [6, 6.07) is 1.37. The zero-order valence-electron chi connectivity index (χ0n) is 13.1. The predicted octanol–water partition coefficient (Wildman–Crippen LogP) is 0.748. The lowest BCUT2D eigenvalue weighted by Crippen LogP contribution is -2.33. The van der Waals surface area contributed by atoms with Crippen LogP contribution in [0.2, 0.25) is 0 Å². The number of sulfonamides is 1. The number of aliphatic hydroxyl groups is 1. The zero-order chi connectivity index (χ0) is 18.7. The van der Waals surface area contributed by atoms with E-state index >= 15 is 0 Å². The summed E-state index contributed by atoms with van der Waals surface area (Å²) in [7, 11) is -4.37. The van der Waals surface area contributed by atoms with Gasteiger partial charge in [0.05, 0.1) is 20.8 Å². The molecule has 0 saturated heterocycles. The van der Waals surface area contributed by atoms with E-state index in [1.165, 1.54) is 11.8 Å². The van der Waals surface area contributed by atoms with Gasteiger partial charge in [-0.25, -0.2) is 13.6 Å². The Labute approximate surface area is 138 Å². The fourth-order valence-electron chi connectivity index (χ4n) is 2.23. The molecule has 134 valence electrons. The SMILES string of the molecule is CCCN(CC(C)O)c1c([N+](=O)[O-])cc(S(N)(=O)=O)cc1[N+](=O)[O-]. The summed E-state index contributed by atoms with van der Waals surface area (Å²) < 4.78 is 22.9. The smallest absolute Gasteiger partial charge is 0.301 e. The maximum atomic E-state index is 11.4. The number of hydrogen-bond donors (Lipinski definition) is 2. The van der Waals surface area contributed by atoms with Gasteiger partial charge < -0.3 is 10.0 Å². The van der Waals surface area contributed by atoms with E-state index in [2.05, 4.69) is 0 Å². The van der Waals surface area contributed by atoms with Crippen LogP contribution < -0.4 is 10.0 Å². The van der Waals surface area contributed by atoms with Gasteiger partial charge in [0.15, 0.2) is 5.69 Å². The lowest BCUT2D eigenvalue weighted by Gasteiger charge is -2.25. The average Bonchev–Trinajstić information content (AvgIpc) is 2.43. The fraction of sp³-hybridized carbons (Fsp3) is 0.500. The molecule has 1 aromatic carbocycles. The van der Waals surface area contributed by atoms with Crippen LogP contribution in [0.4, 0.5) is 17.1 Å². The van der Waals surface area contributed by atoms with Crippen molar-refractivity contribution in [2.45, 2.75) is 31.3 Å². The third kappa shape index (κ3) is 4.59. The van der Waals surface area contributed by atoms with Crippen LogP contribution in [0.5, 0.6) is 0 Å². The molecule has 0 aromatic heterocycles. The summed E-state index contributed by atoms with van der Waals surface area (Å²) in [4.78, 5) is 21.4. The van der Waals surface area contributed by atoms with Crippen molar-refractivity contribution in [1.29, 1.82) is 0 Å². The second-order valence-corrected chi connectivity index (χ2v) is 6.73. The average molecular weight is 362 g/mol. The molecule has 0 spiro atoms. The molecular formula is C12H18N4O7S. The van der Waals surface area contributed by atoms with Crippen molar-refractivity contribution in [2.75, 3.05) is 18.0 Å². The molecule has 0 aliphatic carbocycles. The number of aliphatic hydroxyl groups excluding tert-OH is 1. The van der Waals surface area contributed by atoms with Crippen molar-refractivity contribution >= 4 is 27.1 Å². The molecule has 0 amide bonds. The van der Waals surface area contributed by atoms with Gasteiger partial charge in [-0.15, -0.1) is 0 Å². The lowest BCUT2D eigenvalue weighted by atomic mass is 10.2. The molecule has 0 saturated carbocycles. The van der Waals surface area contributed by atoms with Crippen LogP contribution in [-0.4, -0.2) is 42.6 Å². The molecule has 11 nitrogen and oxygen atoms in total. The van der Waals surface area contributed by atoms with Gasteiger partial charge in [-0.05, 0) is 13.3 Å². The van der Waals surface area contributed by atoms with Crippen LogP contribution in [0.15, 0.2) is 17.0 Å². The van der Waals surface area contributed by atoms with Crippen LogP contribution in [0.3, 0.4) is 0 Å². The molecule has 1 atom stereocenters. The minimum absolute atomic E-state index is 0.0930. The van der Waals surface area contributed by atoms with Gasteiger partial charge in [-0.1, -0.05) is 6.92 Å². The summed E-state index contributed by atoms with van der Waals surface area (Å²) in [5, 5.41) is 37.1. The first-order valence-corrected chi connectivity index (χ1v) is 8.46. The summed E-state index contributed by atoms with van der Waals surface area (Å²) >= 11 is 0. The van der Waals surface area contributed by atoms with Gasteiger partial charge in [0, 0.05) is 25.2 Å². The minimum atomic E-state index is -4.37. The van der Waals surface area contributed by atoms with Crippen LogP contribution >= 0.6 is 0 Å². The number of hydrogen-bond acceptors (Lipinski definition) is 8. The first-order valence-electron chi connectivity index (χ1n) is 6.91. The first kappa shape index (κ1) is 19.7. The van der Waals surface area contributed by atoms with E-state index in [4.69, 9.17) is 5.14 Å². The Morgan fingerprint density at radius 3 is 2.00 bits per heavy atom. The molecule has 0 bridgehead atoms. The maximum absolute atomic E-state index is 11.4. The molecule has 0 heterocycles. The topological polar surface area (TPSA) is 170 Å². The van der Waals surface area contributed by atoms with Crippen LogP contribution in [-0.2, 0) is 10.0 Å². The van der Waals surface area contributed by atoms with Gasteiger partial charge in [0.1, 0.15) is 0 Å². The Morgan fingerprint density at radius 2 is 1.71 bits per heavy atom. The molecule has 12 heteroatoms. The summed E-state index contributed by atoms with van der Waals surface area (Å²) in [6.45, 7) is 3.29. The molecule has 24 heavy (non-hydrogen) atoms. The molecule has 3 N–H and O–H groups in total. The Bertz CT molecular complexity index is 713. The number of benzene rings is 1. The molecule has 0 aliphatic rings. The Kier molecular flexibility index (Phi) is 6.17. The number of rotatable bonds is 8. The quantitative estimate of drug-likeness (QED) is 0.504. The number of primary sulfonamides is 1. The maximum Gasteiger partial charge on any atom is 0.301 e. The molecule has 0 radical (unpaired) electrons. The summed E-state index contributed by atoms with van der Waals surface area (Å²) in [5.74, 6) is 0. The first-order chi connectivity index (χ1) is 11.0. The second kappa shape index (κ2) is 7.51. The van der Waals surface area contributed by atoms with E-state index < -0.39 is 42.2 Å².